The number of nitrogens with zero attached hydrogens (tertiary/aromatic N) is 4. The predicted octanol–water partition coefficient (Wildman–Crippen LogP) is 1.55. The van der Waals surface area contributed by atoms with Crippen LogP contribution in [0.25, 0.3) is 0 Å². The van der Waals surface area contributed by atoms with Gasteiger partial charge in [-0.25, -0.2) is 9.78 Å². The second-order valence-corrected chi connectivity index (χ2v) is 4.12. The van der Waals surface area contributed by atoms with E-state index in [4.69, 9.17) is 11.6 Å². The first-order chi connectivity index (χ1) is 8.20. The number of aryl methyl sites for hydroxylation is 1. The fourth-order valence-corrected chi connectivity index (χ4v) is 1.68. The van der Waals surface area contributed by atoms with E-state index >= 15 is 0 Å². The Hall–Kier alpha value is -1.62. The third-order valence-electron chi connectivity index (χ3n) is 2.39. The van der Waals surface area contributed by atoms with Gasteiger partial charge in [0.25, 0.3) is 0 Å². The zero-order valence-electron chi connectivity index (χ0n) is 9.51. The molecule has 0 aromatic carbocycles. The molecule has 0 N–H and O–H groups in total. The molecule has 0 spiro atoms. The molecule has 0 unspecified atom stereocenters. The number of hydrogen-bond donors (Lipinski definition) is 0. The molecule has 0 bridgehead atoms. The van der Waals surface area contributed by atoms with Gasteiger partial charge >= 0.3 is 5.69 Å². The summed E-state index contributed by atoms with van der Waals surface area (Å²) in [5, 5.41) is 0.352. The first-order valence-corrected chi connectivity index (χ1v) is 5.80. The van der Waals surface area contributed by atoms with Crippen LogP contribution in [-0.2, 0) is 13.1 Å². The Morgan fingerprint density at radius 2 is 2.00 bits per heavy atom. The zero-order chi connectivity index (χ0) is 12.3. The summed E-state index contributed by atoms with van der Waals surface area (Å²) in [6.45, 7) is 3.19. The van der Waals surface area contributed by atoms with E-state index in [9.17, 15) is 4.79 Å². The Kier molecular flexibility index (Phi) is 3.58. The van der Waals surface area contributed by atoms with E-state index in [-0.39, 0.29) is 5.69 Å². The molecule has 0 aliphatic rings. The fourth-order valence-electron chi connectivity index (χ4n) is 1.58. The molecule has 2 aromatic heterocycles. The van der Waals surface area contributed by atoms with Gasteiger partial charge in [0.15, 0.2) is 0 Å². The average molecular weight is 253 g/mol. The Morgan fingerprint density at radius 3 is 2.65 bits per heavy atom. The van der Waals surface area contributed by atoms with Crippen LogP contribution >= 0.6 is 11.6 Å². The van der Waals surface area contributed by atoms with Gasteiger partial charge in [0, 0.05) is 18.9 Å². The van der Waals surface area contributed by atoms with Gasteiger partial charge in [-0.3, -0.25) is 14.1 Å². The summed E-state index contributed by atoms with van der Waals surface area (Å²) in [5.74, 6) is 0. The highest BCUT2D eigenvalue weighted by Gasteiger charge is 2.04. The summed E-state index contributed by atoms with van der Waals surface area (Å²) >= 11 is 5.65. The first-order valence-electron chi connectivity index (χ1n) is 5.42. The van der Waals surface area contributed by atoms with E-state index in [0.717, 1.165) is 13.0 Å². The van der Waals surface area contributed by atoms with Crippen LogP contribution in [0.4, 0.5) is 0 Å². The Labute approximate surface area is 104 Å². The Balaban J connectivity index is 2.19. The largest absolute Gasteiger partial charge is 0.328 e. The predicted molar refractivity (Wildman–Crippen MR) is 65.1 cm³/mol. The van der Waals surface area contributed by atoms with Crippen LogP contribution in [-0.4, -0.2) is 19.1 Å². The molecule has 17 heavy (non-hydrogen) atoms. The Bertz CT molecular complexity index is 543. The summed E-state index contributed by atoms with van der Waals surface area (Å²) in [6.07, 6.45) is 7.53. The SMILES string of the molecule is CCCn1ccn(Cc2cnc(Cl)cn2)c1=O. The number of halogens is 1. The molecule has 0 radical (unpaired) electrons. The van der Waals surface area contributed by atoms with Crippen molar-refractivity contribution in [3.05, 3.63) is 46.1 Å². The second-order valence-electron chi connectivity index (χ2n) is 3.73. The third kappa shape index (κ3) is 2.74. The number of imidazole rings is 1. The van der Waals surface area contributed by atoms with Crippen molar-refractivity contribution >= 4 is 11.6 Å². The maximum atomic E-state index is 11.9. The molecular weight excluding hydrogens is 240 g/mol. The molecule has 0 atom stereocenters. The summed E-state index contributed by atoms with van der Waals surface area (Å²) < 4.78 is 3.29. The van der Waals surface area contributed by atoms with E-state index in [0.29, 0.717) is 17.4 Å². The van der Waals surface area contributed by atoms with E-state index < -0.39 is 0 Å². The highest BCUT2D eigenvalue weighted by atomic mass is 35.5. The van der Waals surface area contributed by atoms with Crippen LogP contribution in [0.15, 0.2) is 29.6 Å². The quantitative estimate of drug-likeness (QED) is 0.830. The molecule has 0 saturated carbocycles. The molecule has 90 valence electrons. The number of rotatable bonds is 4. The molecule has 2 heterocycles. The molecule has 2 rings (SSSR count). The molecule has 0 aliphatic heterocycles. The van der Waals surface area contributed by atoms with Crippen LogP contribution in [0.1, 0.15) is 19.0 Å². The van der Waals surface area contributed by atoms with Crippen molar-refractivity contribution in [2.24, 2.45) is 0 Å². The summed E-state index contributed by atoms with van der Waals surface area (Å²) in [6, 6.07) is 0. The van der Waals surface area contributed by atoms with Crippen molar-refractivity contribution in [1.29, 1.82) is 0 Å². The van der Waals surface area contributed by atoms with Crippen molar-refractivity contribution < 1.29 is 0 Å². The highest BCUT2D eigenvalue weighted by molar-refractivity contribution is 6.29. The normalized spacial score (nSPS) is 10.7. The lowest BCUT2D eigenvalue weighted by molar-refractivity contribution is 0.620. The molecule has 6 heteroatoms. The van der Waals surface area contributed by atoms with Crippen molar-refractivity contribution in [2.75, 3.05) is 0 Å². The van der Waals surface area contributed by atoms with Crippen LogP contribution in [0.5, 0.6) is 0 Å². The lowest BCUT2D eigenvalue weighted by Gasteiger charge is -2.01. The van der Waals surface area contributed by atoms with Crippen molar-refractivity contribution in [3.8, 4) is 0 Å². The van der Waals surface area contributed by atoms with Gasteiger partial charge in [0.1, 0.15) is 5.15 Å². The van der Waals surface area contributed by atoms with E-state index in [2.05, 4.69) is 9.97 Å². The minimum atomic E-state index is -0.0244. The fraction of sp³-hybridized carbons (Fsp3) is 0.364. The van der Waals surface area contributed by atoms with Gasteiger partial charge in [-0.05, 0) is 6.42 Å². The average Bonchev–Trinajstić information content (AvgIpc) is 2.65. The summed E-state index contributed by atoms with van der Waals surface area (Å²) in [4.78, 5) is 19.9. The van der Waals surface area contributed by atoms with Crippen LogP contribution in [0, 0.1) is 0 Å². The molecule has 0 fully saturated rings. The molecular formula is C11H13ClN4O. The highest BCUT2D eigenvalue weighted by Crippen LogP contribution is 2.02. The van der Waals surface area contributed by atoms with Gasteiger partial charge in [0.05, 0.1) is 24.6 Å². The van der Waals surface area contributed by atoms with Gasteiger partial charge in [-0.2, -0.15) is 0 Å². The monoisotopic (exact) mass is 252 g/mol. The zero-order valence-corrected chi connectivity index (χ0v) is 10.3. The van der Waals surface area contributed by atoms with E-state index in [1.807, 2.05) is 6.92 Å². The minimum Gasteiger partial charge on any atom is -0.299 e. The maximum absolute atomic E-state index is 11.9. The van der Waals surface area contributed by atoms with Crippen LogP contribution in [0.3, 0.4) is 0 Å². The lowest BCUT2D eigenvalue weighted by atomic mass is 10.4. The van der Waals surface area contributed by atoms with Crippen LogP contribution in [0.2, 0.25) is 5.15 Å². The third-order valence-corrected chi connectivity index (χ3v) is 2.58. The van der Waals surface area contributed by atoms with Gasteiger partial charge < -0.3 is 0 Å². The molecule has 0 amide bonds. The molecule has 2 aromatic rings. The smallest absolute Gasteiger partial charge is 0.299 e. The lowest BCUT2D eigenvalue weighted by Crippen LogP contribution is -2.24. The second kappa shape index (κ2) is 5.14. The van der Waals surface area contributed by atoms with Crippen molar-refractivity contribution in [2.45, 2.75) is 26.4 Å². The standard InChI is InChI=1S/C11H13ClN4O/c1-2-3-15-4-5-16(11(15)17)8-9-6-14-10(12)7-13-9/h4-7H,2-3,8H2,1H3. The number of aromatic nitrogens is 4. The molecule has 0 saturated heterocycles. The molecule has 5 nitrogen and oxygen atoms in total. The Morgan fingerprint density at radius 1 is 1.24 bits per heavy atom. The number of hydrogen-bond acceptors (Lipinski definition) is 3. The van der Waals surface area contributed by atoms with E-state index in [1.54, 1.807) is 27.7 Å². The van der Waals surface area contributed by atoms with Crippen LogP contribution < -0.4 is 5.69 Å². The maximum Gasteiger partial charge on any atom is 0.328 e. The van der Waals surface area contributed by atoms with Gasteiger partial charge in [0.2, 0.25) is 0 Å². The van der Waals surface area contributed by atoms with Crippen molar-refractivity contribution in [3.63, 3.8) is 0 Å². The summed E-state index contributed by atoms with van der Waals surface area (Å²) in [5.41, 5.74) is 0.689. The van der Waals surface area contributed by atoms with Gasteiger partial charge in [-0.1, -0.05) is 18.5 Å². The topological polar surface area (TPSA) is 52.7 Å². The molecule has 0 aliphatic carbocycles. The van der Waals surface area contributed by atoms with Gasteiger partial charge in [-0.15, -0.1) is 0 Å². The van der Waals surface area contributed by atoms with E-state index in [1.165, 1.54) is 6.20 Å². The van der Waals surface area contributed by atoms with Crippen molar-refractivity contribution in [1.82, 2.24) is 19.1 Å². The first kappa shape index (κ1) is 11.9. The summed E-state index contributed by atoms with van der Waals surface area (Å²) in [7, 11) is 0. The minimum absolute atomic E-state index is 0.0244.